The van der Waals surface area contributed by atoms with Gasteiger partial charge in [-0.3, -0.25) is 0 Å². The van der Waals surface area contributed by atoms with Gasteiger partial charge in [-0.2, -0.15) is 0 Å². The molecule has 0 aliphatic carbocycles. The number of nitro groups is 4. The average molecular weight is 332 g/mol. The van der Waals surface area contributed by atoms with Gasteiger partial charge in [-0.25, -0.2) is 40.5 Å². The Bertz CT molecular complexity index is 354. The second-order valence-electron chi connectivity index (χ2n) is 3.76. The van der Waals surface area contributed by atoms with E-state index < -0.39 is 57.4 Å². The molecule has 16 nitrogen and oxygen atoms in total. The molecule has 22 heavy (non-hydrogen) atoms. The number of rotatable bonds is 8. The number of hydrogen-bond acceptors (Lipinski definition) is 12. The van der Waals surface area contributed by atoms with Crippen LogP contribution in [0.5, 0.6) is 0 Å². The molecule has 0 amide bonds. The summed E-state index contributed by atoms with van der Waals surface area (Å²) in [5.41, 5.74) is -1.11. The summed E-state index contributed by atoms with van der Waals surface area (Å²) in [4.78, 5) is 30.6. The molecular weight excluding hydrogens is 320 g/mol. The zero-order chi connectivity index (χ0) is 18.1. The molecule has 0 saturated carbocycles. The van der Waals surface area contributed by atoms with Crippen molar-refractivity contribution >= 4 is 0 Å². The van der Waals surface area contributed by atoms with Crippen molar-refractivity contribution in [3.05, 3.63) is 40.5 Å². The van der Waals surface area contributed by atoms with Crippen molar-refractivity contribution in [3.8, 4) is 0 Å². The summed E-state index contributed by atoms with van der Waals surface area (Å²) in [6, 6.07) is 0. The molecule has 4 N–H and O–H groups in total. The molecule has 0 rings (SSSR count). The minimum Gasteiger partial charge on any atom is -0.396 e. The summed E-state index contributed by atoms with van der Waals surface area (Å²) in [6.45, 7) is -1.62. The number of nitrogens with zero attached hydrogens (tertiary/aromatic N) is 4. The Morgan fingerprint density at radius 3 is 0.773 bits per heavy atom. The van der Waals surface area contributed by atoms with Crippen LogP contribution in [0.4, 0.5) is 0 Å². The van der Waals surface area contributed by atoms with Gasteiger partial charge in [0.1, 0.15) is 0 Å². The molecule has 0 fully saturated rings. The third kappa shape index (κ3) is 4.22. The Kier molecular flexibility index (Phi) is 8.56. The third-order valence-electron chi connectivity index (χ3n) is 2.32. The van der Waals surface area contributed by atoms with Crippen molar-refractivity contribution in [1.29, 1.82) is 0 Å². The van der Waals surface area contributed by atoms with Crippen molar-refractivity contribution in [2.45, 2.75) is 5.91 Å². The Morgan fingerprint density at radius 2 is 0.773 bits per heavy atom. The van der Waals surface area contributed by atoms with Gasteiger partial charge >= 0.3 is 5.91 Å². The molecule has 0 aromatic heterocycles. The average Bonchev–Trinajstić information content (AvgIpc) is 2.41. The van der Waals surface area contributed by atoms with Gasteiger partial charge in [-0.05, 0) is 0 Å². The molecule has 0 spiro atoms. The zero-order valence-electron chi connectivity index (χ0n) is 10.7. The predicted molar refractivity (Wildman–Crippen MR) is 61.5 cm³/mol. The maximum atomic E-state index is 9.83. The number of hydrogen-bond donors (Lipinski definition) is 4. The summed E-state index contributed by atoms with van der Waals surface area (Å²) in [5.74, 6) is -4.61. The lowest BCUT2D eigenvalue weighted by Gasteiger charge is -2.23. The zero-order valence-corrected chi connectivity index (χ0v) is 10.7. The molecule has 0 aromatic rings. The predicted octanol–water partition coefficient (Wildman–Crippen LogP) is -3.35. The van der Waals surface area contributed by atoms with Crippen molar-refractivity contribution in [3.63, 3.8) is 0 Å². The minimum atomic E-state index is -4.61. The number of aliphatic hydroxyl groups is 4. The molecule has 0 bridgehead atoms. The van der Waals surface area contributed by atoms with E-state index >= 15 is 0 Å². The van der Waals surface area contributed by atoms with E-state index in [-0.39, 0.29) is 0 Å². The van der Waals surface area contributed by atoms with Gasteiger partial charge in [-0.1, -0.05) is 0 Å². The van der Waals surface area contributed by atoms with Gasteiger partial charge in [0.25, 0.3) is 19.7 Å². The van der Waals surface area contributed by atoms with Crippen LogP contribution >= 0.6 is 0 Å². The molecule has 0 heterocycles. The lowest BCUT2D eigenvalue weighted by atomic mass is 9.93. The highest BCUT2D eigenvalue weighted by Crippen LogP contribution is 2.12. The van der Waals surface area contributed by atoms with Crippen LogP contribution in [-0.2, 0) is 0 Å². The SMILES string of the molecule is O=[N+]([O-])C([N+](=O)[O-])([N+](=O)[O-])[N+](=O)[O-].OCC(CO)(CO)CO. The van der Waals surface area contributed by atoms with E-state index in [1.54, 1.807) is 0 Å². The lowest BCUT2D eigenvalue weighted by Crippen LogP contribution is -2.59. The standard InChI is InChI=1S/C5H12O4.CN4O8/c6-1-5(2-7,3-8)4-9;6-2(7)1(3(8)9,4(10)11)5(12)13/h6-9H,1-4H2;. The molecule has 0 saturated heterocycles. The number of aliphatic hydroxyl groups excluding tert-OH is 4. The van der Waals surface area contributed by atoms with Crippen molar-refractivity contribution < 1.29 is 40.1 Å². The Hall–Kier alpha value is -2.56. The summed E-state index contributed by atoms with van der Waals surface area (Å²) >= 11 is 0. The Balaban J connectivity index is 0. The first-order chi connectivity index (χ1) is 10.0. The monoisotopic (exact) mass is 332 g/mol. The molecule has 0 aliphatic heterocycles. The van der Waals surface area contributed by atoms with E-state index in [0.29, 0.717) is 0 Å². The van der Waals surface area contributed by atoms with Gasteiger partial charge in [0.2, 0.25) is 0 Å². The molecule has 0 radical (unpaired) electrons. The van der Waals surface area contributed by atoms with E-state index in [1.807, 2.05) is 0 Å². The fourth-order valence-electron chi connectivity index (χ4n) is 0.700. The molecule has 16 heteroatoms. The first-order valence-corrected chi connectivity index (χ1v) is 5.03. The topological polar surface area (TPSA) is 253 Å². The highest BCUT2D eigenvalue weighted by atomic mass is 16.8. The minimum absolute atomic E-state index is 0.406. The summed E-state index contributed by atoms with van der Waals surface area (Å²) < 4.78 is 0. The van der Waals surface area contributed by atoms with Gasteiger partial charge < -0.3 is 20.4 Å². The molecule has 0 aromatic carbocycles. The Labute approximate surface area is 119 Å². The largest absolute Gasteiger partial charge is 0.955 e. The molecular formula is C6H12N4O12. The van der Waals surface area contributed by atoms with Crippen LogP contribution in [0.15, 0.2) is 0 Å². The highest BCUT2D eigenvalue weighted by Gasteiger charge is 2.85. The van der Waals surface area contributed by atoms with Crippen LogP contribution in [-0.4, -0.2) is 72.5 Å². The van der Waals surface area contributed by atoms with Gasteiger partial charge in [0.15, 0.2) is 0 Å². The van der Waals surface area contributed by atoms with Crippen molar-refractivity contribution in [1.82, 2.24) is 0 Å². The molecule has 128 valence electrons. The van der Waals surface area contributed by atoms with Crippen LogP contribution in [0.2, 0.25) is 0 Å². The van der Waals surface area contributed by atoms with Crippen LogP contribution in [0.25, 0.3) is 0 Å². The summed E-state index contributed by atoms with van der Waals surface area (Å²) in [7, 11) is 0. The lowest BCUT2D eigenvalue weighted by molar-refractivity contribution is -1.11. The van der Waals surface area contributed by atoms with Gasteiger partial charge in [0, 0.05) is 0 Å². The van der Waals surface area contributed by atoms with Gasteiger partial charge in [-0.15, -0.1) is 0 Å². The van der Waals surface area contributed by atoms with Crippen molar-refractivity contribution in [2.24, 2.45) is 5.41 Å². The fourth-order valence-corrected chi connectivity index (χ4v) is 0.700. The van der Waals surface area contributed by atoms with E-state index in [1.165, 1.54) is 0 Å². The molecule has 0 atom stereocenters. The van der Waals surface area contributed by atoms with Crippen LogP contribution in [0.1, 0.15) is 0 Å². The first kappa shape index (κ1) is 21.7. The molecule has 0 aliphatic rings. The fraction of sp³-hybridized carbons (Fsp3) is 1.00. The van der Waals surface area contributed by atoms with E-state index in [2.05, 4.69) is 0 Å². The quantitative estimate of drug-likeness (QED) is 0.193. The summed E-state index contributed by atoms with van der Waals surface area (Å²) in [6.07, 6.45) is 0. The van der Waals surface area contributed by atoms with Crippen molar-refractivity contribution in [2.75, 3.05) is 26.4 Å². The van der Waals surface area contributed by atoms with E-state index in [0.717, 1.165) is 0 Å². The highest BCUT2D eigenvalue weighted by molar-refractivity contribution is 4.74. The van der Waals surface area contributed by atoms with Gasteiger partial charge in [0.05, 0.1) is 31.8 Å². The maximum Gasteiger partial charge on any atom is 0.955 e. The van der Waals surface area contributed by atoms with Crippen LogP contribution < -0.4 is 0 Å². The second-order valence-corrected chi connectivity index (χ2v) is 3.76. The maximum absolute atomic E-state index is 9.83. The molecule has 0 unspecified atom stereocenters. The van der Waals surface area contributed by atoms with E-state index in [4.69, 9.17) is 20.4 Å². The Morgan fingerprint density at radius 1 is 0.591 bits per heavy atom. The van der Waals surface area contributed by atoms with Crippen LogP contribution in [0.3, 0.4) is 0 Å². The first-order valence-electron chi connectivity index (χ1n) is 5.03. The smallest absolute Gasteiger partial charge is 0.396 e. The third-order valence-corrected chi connectivity index (χ3v) is 2.32. The second kappa shape index (κ2) is 8.67. The normalized spacial score (nSPS) is 11.1. The summed E-state index contributed by atoms with van der Waals surface area (Å²) in [5, 5.41) is 73.3. The van der Waals surface area contributed by atoms with E-state index in [9.17, 15) is 40.5 Å². The van der Waals surface area contributed by atoms with Crippen LogP contribution in [0, 0.1) is 45.9 Å².